The number of benzene rings is 2. The van der Waals surface area contributed by atoms with Gasteiger partial charge >= 0.3 is 0 Å². The maximum Gasteiger partial charge on any atom is 0.125 e. The summed E-state index contributed by atoms with van der Waals surface area (Å²) in [5.74, 6) is -0.235. The molecule has 96 valence electrons. The third kappa shape index (κ3) is 2.46. The Morgan fingerprint density at radius 1 is 0.947 bits per heavy atom. The minimum absolute atomic E-state index is 0.235. The van der Waals surface area contributed by atoms with Gasteiger partial charge in [0.05, 0.1) is 15.6 Å². The van der Waals surface area contributed by atoms with Crippen LogP contribution in [0.15, 0.2) is 48.7 Å². The van der Waals surface area contributed by atoms with Crippen molar-refractivity contribution in [1.82, 2.24) is 4.57 Å². The summed E-state index contributed by atoms with van der Waals surface area (Å²) in [5.41, 5.74) is 1.89. The van der Waals surface area contributed by atoms with Crippen LogP contribution in [-0.4, -0.2) is 4.57 Å². The van der Waals surface area contributed by atoms with Gasteiger partial charge in [-0.25, -0.2) is 4.39 Å². The van der Waals surface area contributed by atoms with Gasteiger partial charge in [0.1, 0.15) is 5.82 Å². The van der Waals surface area contributed by atoms with Gasteiger partial charge in [-0.05, 0) is 47.3 Å². The number of hydrogen-bond donors (Lipinski definition) is 0. The van der Waals surface area contributed by atoms with Crippen molar-refractivity contribution in [2.45, 2.75) is 6.54 Å². The normalized spacial score (nSPS) is 11.1. The Bertz CT molecular complexity index is 749. The number of fused-ring (bicyclic) bond motifs is 1. The molecule has 4 heteroatoms. The van der Waals surface area contributed by atoms with Crippen molar-refractivity contribution >= 4 is 34.1 Å². The largest absolute Gasteiger partial charge is 0.343 e. The van der Waals surface area contributed by atoms with Crippen LogP contribution in [0.1, 0.15) is 5.56 Å². The van der Waals surface area contributed by atoms with Gasteiger partial charge in [-0.15, -0.1) is 0 Å². The zero-order valence-corrected chi connectivity index (χ0v) is 11.4. The highest BCUT2D eigenvalue weighted by atomic mass is 35.5. The van der Waals surface area contributed by atoms with Gasteiger partial charge in [-0.2, -0.15) is 0 Å². The first kappa shape index (κ1) is 12.5. The second-order valence-electron chi connectivity index (χ2n) is 4.40. The molecule has 0 saturated carbocycles. The molecule has 0 saturated heterocycles. The molecule has 0 N–H and O–H groups in total. The molecular weight excluding hydrogens is 284 g/mol. The minimum Gasteiger partial charge on any atom is -0.343 e. The predicted octanol–water partition coefficient (Wildman–Crippen LogP) is 5.14. The molecule has 0 fully saturated rings. The van der Waals surface area contributed by atoms with Crippen LogP contribution in [0.2, 0.25) is 10.0 Å². The van der Waals surface area contributed by atoms with E-state index in [0.29, 0.717) is 16.6 Å². The molecule has 0 aliphatic rings. The van der Waals surface area contributed by atoms with Gasteiger partial charge in [0.2, 0.25) is 0 Å². The SMILES string of the molecule is Fc1ccc2ccn(Cc3ccc(Cl)c(Cl)c3)c2c1. The lowest BCUT2D eigenvalue weighted by molar-refractivity contribution is 0.628. The molecule has 0 atom stereocenters. The van der Waals surface area contributed by atoms with Crippen LogP contribution in [0.3, 0.4) is 0 Å². The summed E-state index contributed by atoms with van der Waals surface area (Å²) in [6, 6.07) is 12.3. The van der Waals surface area contributed by atoms with Gasteiger partial charge in [0.15, 0.2) is 0 Å². The second-order valence-corrected chi connectivity index (χ2v) is 5.21. The van der Waals surface area contributed by atoms with E-state index < -0.39 is 0 Å². The monoisotopic (exact) mass is 293 g/mol. The summed E-state index contributed by atoms with van der Waals surface area (Å²) in [6.45, 7) is 0.629. The van der Waals surface area contributed by atoms with E-state index in [0.717, 1.165) is 16.5 Å². The molecule has 0 aliphatic heterocycles. The topological polar surface area (TPSA) is 4.93 Å². The Labute approximate surface area is 120 Å². The molecule has 1 nitrogen and oxygen atoms in total. The van der Waals surface area contributed by atoms with Crippen molar-refractivity contribution in [3.63, 3.8) is 0 Å². The highest BCUT2D eigenvalue weighted by molar-refractivity contribution is 6.42. The maximum absolute atomic E-state index is 13.3. The molecule has 3 aromatic rings. The third-order valence-electron chi connectivity index (χ3n) is 3.07. The molecule has 0 aliphatic carbocycles. The predicted molar refractivity (Wildman–Crippen MR) is 77.5 cm³/mol. The standard InChI is InChI=1S/C15H10Cl2FN/c16-13-4-1-10(7-14(13)17)9-19-6-5-11-2-3-12(18)8-15(11)19/h1-8H,9H2. The van der Waals surface area contributed by atoms with Crippen molar-refractivity contribution in [3.8, 4) is 0 Å². The van der Waals surface area contributed by atoms with E-state index in [1.165, 1.54) is 12.1 Å². The smallest absolute Gasteiger partial charge is 0.125 e. The van der Waals surface area contributed by atoms with Crippen LogP contribution < -0.4 is 0 Å². The molecule has 0 amide bonds. The van der Waals surface area contributed by atoms with Crippen molar-refractivity contribution in [2.75, 3.05) is 0 Å². The van der Waals surface area contributed by atoms with Gasteiger partial charge in [0, 0.05) is 12.7 Å². The fourth-order valence-corrected chi connectivity index (χ4v) is 2.45. The Balaban J connectivity index is 2.00. The maximum atomic E-state index is 13.3. The van der Waals surface area contributed by atoms with Crippen LogP contribution in [0.5, 0.6) is 0 Å². The lowest BCUT2D eigenvalue weighted by Crippen LogP contribution is -1.98. The molecule has 1 heterocycles. The molecule has 0 bridgehead atoms. The number of halogens is 3. The van der Waals surface area contributed by atoms with E-state index in [1.54, 1.807) is 12.1 Å². The average Bonchev–Trinajstić information content (AvgIpc) is 2.77. The van der Waals surface area contributed by atoms with Gasteiger partial charge in [-0.3, -0.25) is 0 Å². The molecule has 2 aromatic carbocycles. The quantitative estimate of drug-likeness (QED) is 0.617. The Kier molecular flexibility index (Phi) is 3.21. The zero-order valence-electron chi connectivity index (χ0n) is 9.91. The fourth-order valence-electron chi connectivity index (χ4n) is 2.13. The van der Waals surface area contributed by atoms with E-state index in [-0.39, 0.29) is 5.82 Å². The van der Waals surface area contributed by atoms with Crippen molar-refractivity contribution in [2.24, 2.45) is 0 Å². The van der Waals surface area contributed by atoms with Gasteiger partial charge < -0.3 is 4.57 Å². The van der Waals surface area contributed by atoms with E-state index in [4.69, 9.17) is 23.2 Å². The molecule has 0 radical (unpaired) electrons. The van der Waals surface area contributed by atoms with Crippen molar-refractivity contribution < 1.29 is 4.39 Å². The van der Waals surface area contributed by atoms with Crippen LogP contribution in [0.4, 0.5) is 4.39 Å². The van der Waals surface area contributed by atoms with Gasteiger partial charge in [0.25, 0.3) is 0 Å². The second kappa shape index (κ2) is 4.87. The van der Waals surface area contributed by atoms with Crippen molar-refractivity contribution in [3.05, 3.63) is 70.1 Å². The highest BCUT2D eigenvalue weighted by Crippen LogP contribution is 2.24. The summed E-state index contributed by atoms with van der Waals surface area (Å²) in [4.78, 5) is 0. The molecule has 0 spiro atoms. The van der Waals surface area contributed by atoms with Crippen LogP contribution in [-0.2, 0) is 6.54 Å². The average molecular weight is 294 g/mol. The van der Waals surface area contributed by atoms with Crippen LogP contribution >= 0.6 is 23.2 Å². The van der Waals surface area contributed by atoms with E-state index in [2.05, 4.69) is 0 Å². The lowest BCUT2D eigenvalue weighted by atomic mass is 10.2. The summed E-state index contributed by atoms with van der Waals surface area (Å²) in [7, 11) is 0. The fraction of sp³-hybridized carbons (Fsp3) is 0.0667. The summed E-state index contributed by atoms with van der Waals surface area (Å²) < 4.78 is 15.3. The Hall–Kier alpha value is -1.51. The van der Waals surface area contributed by atoms with Crippen LogP contribution in [0, 0.1) is 5.82 Å². The molecule has 1 aromatic heterocycles. The third-order valence-corrected chi connectivity index (χ3v) is 3.81. The van der Waals surface area contributed by atoms with Gasteiger partial charge in [-0.1, -0.05) is 29.3 Å². The first-order valence-corrected chi connectivity index (χ1v) is 6.57. The van der Waals surface area contributed by atoms with E-state index in [1.807, 2.05) is 29.0 Å². The van der Waals surface area contributed by atoms with E-state index >= 15 is 0 Å². The molecule has 19 heavy (non-hydrogen) atoms. The summed E-state index contributed by atoms with van der Waals surface area (Å²) >= 11 is 11.9. The number of nitrogens with zero attached hydrogens (tertiary/aromatic N) is 1. The summed E-state index contributed by atoms with van der Waals surface area (Å²) in [6.07, 6.45) is 1.94. The summed E-state index contributed by atoms with van der Waals surface area (Å²) in [5, 5.41) is 2.08. The Morgan fingerprint density at radius 2 is 1.79 bits per heavy atom. The molecule has 0 unspecified atom stereocenters. The number of hydrogen-bond acceptors (Lipinski definition) is 0. The first-order chi connectivity index (χ1) is 9.13. The molecule has 3 rings (SSSR count). The Morgan fingerprint density at radius 3 is 2.58 bits per heavy atom. The highest BCUT2D eigenvalue weighted by Gasteiger charge is 2.05. The zero-order chi connectivity index (χ0) is 13.4. The van der Waals surface area contributed by atoms with Crippen LogP contribution in [0.25, 0.3) is 10.9 Å². The number of aromatic nitrogens is 1. The number of rotatable bonds is 2. The lowest BCUT2D eigenvalue weighted by Gasteiger charge is -2.07. The van der Waals surface area contributed by atoms with E-state index in [9.17, 15) is 4.39 Å². The van der Waals surface area contributed by atoms with Crippen molar-refractivity contribution in [1.29, 1.82) is 0 Å². The minimum atomic E-state index is -0.235. The first-order valence-electron chi connectivity index (χ1n) is 5.82. The molecular formula is C15H10Cl2FN.